The molecule has 0 atom stereocenters. The molecule has 0 aliphatic carbocycles. The third-order valence-corrected chi connectivity index (χ3v) is 3.89. The Balaban J connectivity index is 1.79. The Morgan fingerprint density at radius 1 is 1.21 bits per heavy atom. The molecule has 0 radical (unpaired) electrons. The van der Waals surface area contributed by atoms with Gasteiger partial charge in [0.1, 0.15) is 5.75 Å². The first-order valence-corrected chi connectivity index (χ1v) is 7.76. The van der Waals surface area contributed by atoms with E-state index in [1.54, 1.807) is 19.2 Å². The summed E-state index contributed by atoms with van der Waals surface area (Å²) in [6, 6.07) is 13.1. The van der Waals surface area contributed by atoms with E-state index in [0.717, 1.165) is 22.4 Å². The second-order valence-electron chi connectivity index (χ2n) is 5.33. The molecule has 122 valence electrons. The Labute approximate surface area is 144 Å². The van der Waals surface area contributed by atoms with Gasteiger partial charge in [0.05, 0.1) is 13.7 Å². The molecular weight excluding hydrogens is 324 g/mol. The summed E-state index contributed by atoms with van der Waals surface area (Å²) in [5, 5.41) is 12.3. The average Bonchev–Trinajstić information content (AvgIpc) is 3.03. The van der Waals surface area contributed by atoms with E-state index in [1.807, 2.05) is 37.3 Å². The molecule has 3 aromatic rings. The standard InChI is InChI=1S/C17H16N4O2S/c1-11-9-13(5-8-15(11)17(22)24)16-18-20-21(19-16)10-12-3-6-14(23-2)7-4-12/h3-9H,10H2,1-2H3,(H,22,24). The normalized spacial score (nSPS) is 10.6. The number of tetrazole rings is 1. The molecule has 0 saturated heterocycles. The van der Waals surface area contributed by atoms with Gasteiger partial charge in [0, 0.05) is 11.1 Å². The van der Waals surface area contributed by atoms with Gasteiger partial charge in [-0.2, -0.15) is 4.80 Å². The van der Waals surface area contributed by atoms with Crippen molar-refractivity contribution in [2.24, 2.45) is 0 Å². The number of nitrogens with zero attached hydrogens (tertiary/aromatic N) is 4. The number of hydrogen-bond donors (Lipinski definition) is 1. The molecule has 0 aliphatic rings. The highest BCUT2D eigenvalue weighted by molar-refractivity contribution is 7.97. The number of carbonyl (C=O) groups excluding carboxylic acids is 1. The average molecular weight is 340 g/mol. The fourth-order valence-corrected chi connectivity index (χ4v) is 2.61. The third-order valence-electron chi connectivity index (χ3n) is 3.65. The van der Waals surface area contributed by atoms with Crippen LogP contribution in [0.1, 0.15) is 21.5 Å². The lowest BCUT2D eigenvalue weighted by Crippen LogP contribution is -2.04. The smallest absolute Gasteiger partial charge is 0.216 e. The molecule has 6 nitrogen and oxygen atoms in total. The van der Waals surface area contributed by atoms with E-state index in [-0.39, 0.29) is 5.12 Å². The van der Waals surface area contributed by atoms with Crippen LogP contribution in [-0.2, 0) is 6.54 Å². The first-order chi connectivity index (χ1) is 11.6. The van der Waals surface area contributed by atoms with E-state index in [9.17, 15) is 4.79 Å². The molecule has 2 aromatic carbocycles. The number of aromatic nitrogens is 4. The van der Waals surface area contributed by atoms with Crippen molar-refractivity contribution in [2.75, 3.05) is 7.11 Å². The van der Waals surface area contributed by atoms with E-state index >= 15 is 0 Å². The van der Waals surface area contributed by atoms with Gasteiger partial charge in [0.15, 0.2) is 0 Å². The summed E-state index contributed by atoms with van der Waals surface area (Å²) in [6.45, 7) is 2.37. The number of benzene rings is 2. The highest BCUT2D eigenvalue weighted by Gasteiger charge is 2.10. The molecule has 0 fully saturated rings. The van der Waals surface area contributed by atoms with Crippen LogP contribution in [0.3, 0.4) is 0 Å². The lowest BCUT2D eigenvalue weighted by Gasteiger charge is -2.03. The number of rotatable bonds is 5. The van der Waals surface area contributed by atoms with Gasteiger partial charge < -0.3 is 4.74 Å². The van der Waals surface area contributed by atoms with Gasteiger partial charge in [-0.05, 0) is 47.5 Å². The van der Waals surface area contributed by atoms with Gasteiger partial charge in [-0.1, -0.05) is 18.2 Å². The molecule has 0 saturated carbocycles. The minimum absolute atomic E-state index is 0.254. The van der Waals surface area contributed by atoms with Gasteiger partial charge in [0.2, 0.25) is 10.9 Å². The first-order valence-electron chi connectivity index (χ1n) is 7.32. The van der Waals surface area contributed by atoms with Crippen molar-refractivity contribution in [3.63, 3.8) is 0 Å². The van der Waals surface area contributed by atoms with Crippen LogP contribution in [0.25, 0.3) is 11.4 Å². The molecule has 0 aliphatic heterocycles. The number of ether oxygens (including phenoxy) is 1. The molecule has 3 rings (SSSR count). The summed E-state index contributed by atoms with van der Waals surface area (Å²) in [6.07, 6.45) is 0. The second kappa shape index (κ2) is 6.84. The zero-order valence-electron chi connectivity index (χ0n) is 13.3. The molecule has 1 aromatic heterocycles. The Hall–Kier alpha value is -2.67. The van der Waals surface area contributed by atoms with Gasteiger partial charge in [-0.15, -0.1) is 22.8 Å². The minimum atomic E-state index is -0.254. The Morgan fingerprint density at radius 2 is 1.96 bits per heavy atom. The maximum atomic E-state index is 11.4. The summed E-state index contributed by atoms with van der Waals surface area (Å²) >= 11 is 3.86. The Morgan fingerprint density at radius 3 is 2.58 bits per heavy atom. The number of aryl methyl sites for hydroxylation is 1. The highest BCUT2D eigenvalue weighted by atomic mass is 32.1. The maximum Gasteiger partial charge on any atom is 0.216 e. The third kappa shape index (κ3) is 3.46. The van der Waals surface area contributed by atoms with Crippen LogP contribution in [-0.4, -0.2) is 32.4 Å². The highest BCUT2D eigenvalue weighted by Crippen LogP contribution is 2.20. The SMILES string of the molecule is COc1ccc(Cn2nnc(-c3ccc(C(=O)S)c(C)c3)n2)cc1. The van der Waals surface area contributed by atoms with Crippen molar-refractivity contribution in [3.8, 4) is 17.1 Å². The molecule has 0 amide bonds. The van der Waals surface area contributed by atoms with Crippen molar-refractivity contribution in [1.82, 2.24) is 20.2 Å². The van der Waals surface area contributed by atoms with Gasteiger partial charge >= 0.3 is 0 Å². The summed E-state index contributed by atoms with van der Waals surface area (Å²) in [5.74, 6) is 1.32. The number of thiol groups is 1. The number of hydrogen-bond acceptors (Lipinski definition) is 5. The zero-order chi connectivity index (χ0) is 17.1. The van der Waals surface area contributed by atoms with E-state index < -0.39 is 0 Å². The molecule has 7 heteroatoms. The zero-order valence-corrected chi connectivity index (χ0v) is 14.2. The molecule has 0 N–H and O–H groups in total. The van der Waals surface area contributed by atoms with Crippen LogP contribution >= 0.6 is 12.6 Å². The summed E-state index contributed by atoms with van der Waals surface area (Å²) in [5.41, 5.74) is 3.27. The van der Waals surface area contributed by atoms with Crippen molar-refractivity contribution in [3.05, 3.63) is 59.2 Å². The molecule has 24 heavy (non-hydrogen) atoms. The van der Waals surface area contributed by atoms with E-state index in [2.05, 4.69) is 28.0 Å². The topological polar surface area (TPSA) is 69.9 Å². The summed E-state index contributed by atoms with van der Waals surface area (Å²) in [4.78, 5) is 12.9. The Kier molecular flexibility index (Phi) is 4.61. The van der Waals surface area contributed by atoms with E-state index in [1.165, 1.54) is 4.80 Å². The molecule has 0 spiro atoms. The fourth-order valence-electron chi connectivity index (χ4n) is 2.36. The van der Waals surface area contributed by atoms with Crippen LogP contribution in [0.2, 0.25) is 0 Å². The number of carbonyl (C=O) groups is 1. The fraction of sp³-hybridized carbons (Fsp3) is 0.176. The predicted octanol–water partition coefficient (Wildman–Crippen LogP) is 2.78. The van der Waals surface area contributed by atoms with Crippen molar-refractivity contribution in [2.45, 2.75) is 13.5 Å². The van der Waals surface area contributed by atoms with Crippen LogP contribution in [0.15, 0.2) is 42.5 Å². The van der Waals surface area contributed by atoms with Crippen LogP contribution in [0.5, 0.6) is 5.75 Å². The summed E-state index contributed by atoms with van der Waals surface area (Å²) < 4.78 is 5.14. The molecule has 1 heterocycles. The van der Waals surface area contributed by atoms with Crippen molar-refractivity contribution < 1.29 is 9.53 Å². The lowest BCUT2D eigenvalue weighted by atomic mass is 10.1. The van der Waals surface area contributed by atoms with Crippen molar-refractivity contribution in [1.29, 1.82) is 0 Å². The predicted molar refractivity (Wildman–Crippen MR) is 93.4 cm³/mol. The van der Waals surface area contributed by atoms with Crippen molar-refractivity contribution >= 4 is 17.7 Å². The molecule has 0 bridgehead atoms. The van der Waals surface area contributed by atoms with Crippen LogP contribution in [0.4, 0.5) is 0 Å². The monoisotopic (exact) mass is 340 g/mol. The van der Waals surface area contributed by atoms with E-state index in [4.69, 9.17) is 4.74 Å². The van der Waals surface area contributed by atoms with Crippen LogP contribution < -0.4 is 4.74 Å². The van der Waals surface area contributed by atoms with Gasteiger partial charge in [-0.3, -0.25) is 4.79 Å². The lowest BCUT2D eigenvalue weighted by molar-refractivity contribution is 0.109. The van der Waals surface area contributed by atoms with Crippen LogP contribution in [0, 0.1) is 6.92 Å². The maximum absolute atomic E-state index is 11.4. The number of methoxy groups -OCH3 is 1. The molecular formula is C17H16N4O2S. The quantitative estimate of drug-likeness (QED) is 0.723. The van der Waals surface area contributed by atoms with E-state index in [0.29, 0.717) is 17.9 Å². The van der Waals surface area contributed by atoms with Gasteiger partial charge in [0.25, 0.3) is 0 Å². The second-order valence-corrected chi connectivity index (χ2v) is 5.73. The minimum Gasteiger partial charge on any atom is -0.497 e. The summed E-state index contributed by atoms with van der Waals surface area (Å²) in [7, 11) is 1.63. The largest absolute Gasteiger partial charge is 0.497 e. The first kappa shape index (κ1) is 16.2. The van der Waals surface area contributed by atoms with Gasteiger partial charge in [-0.25, -0.2) is 0 Å². The Bertz CT molecular complexity index is 875. The molecule has 0 unspecified atom stereocenters.